The van der Waals surface area contributed by atoms with Crippen molar-refractivity contribution >= 4 is 28.1 Å². The number of thiazole rings is 1. The van der Waals surface area contributed by atoms with E-state index in [9.17, 15) is 4.79 Å². The molecule has 0 radical (unpaired) electrons. The van der Waals surface area contributed by atoms with E-state index in [0.29, 0.717) is 10.9 Å². The van der Waals surface area contributed by atoms with Crippen molar-refractivity contribution in [2.45, 2.75) is 45.6 Å². The van der Waals surface area contributed by atoms with Crippen LogP contribution < -0.4 is 9.64 Å². The number of aromatic nitrogens is 1. The molecule has 0 unspecified atom stereocenters. The first kappa shape index (κ1) is 18.9. The van der Waals surface area contributed by atoms with Crippen molar-refractivity contribution in [3.63, 3.8) is 0 Å². The van der Waals surface area contributed by atoms with Crippen molar-refractivity contribution in [1.82, 2.24) is 9.88 Å². The van der Waals surface area contributed by atoms with Gasteiger partial charge in [-0.3, -0.25) is 14.6 Å². The molecule has 140 valence electrons. The summed E-state index contributed by atoms with van der Waals surface area (Å²) in [5.41, 5.74) is 1.77. The van der Waals surface area contributed by atoms with Gasteiger partial charge in [0.2, 0.25) is 5.91 Å². The first-order valence-corrected chi connectivity index (χ1v) is 10.2. The number of benzene rings is 1. The Labute approximate surface area is 159 Å². The van der Waals surface area contributed by atoms with Gasteiger partial charge < -0.3 is 4.74 Å². The summed E-state index contributed by atoms with van der Waals surface area (Å²) in [5, 5.41) is 2.77. The van der Waals surface area contributed by atoms with Crippen molar-refractivity contribution in [3.8, 4) is 5.75 Å². The van der Waals surface area contributed by atoms with E-state index in [0.717, 1.165) is 31.0 Å². The number of likely N-dealkylation sites (tertiary alicyclic amines) is 1. The fourth-order valence-corrected chi connectivity index (χ4v) is 4.26. The van der Waals surface area contributed by atoms with Crippen LogP contribution in [0.2, 0.25) is 0 Å². The molecule has 1 aliphatic heterocycles. The number of amides is 1. The maximum absolute atomic E-state index is 12.3. The molecule has 0 spiro atoms. The highest BCUT2D eigenvalue weighted by molar-refractivity contribution is 7.14. The Morgan fingerprint density at radius 1 is 1.19 bits per heavy atom. The van der Waals surface area contributed by atoms with E-state index in [1.165, 1.54) is 43.4 Å². The lowest BCUT2D eigenvalue weighted by Crippen LogP contribution is -2.27. The molecule has 1 aromatic carbocycles. The minimum absolute atomic E-state index is 0.0679. The maximum atomic E-state index is 12.3. The van der Waals surface area contributed by atoms with Crippen molar-refractivity contribution in [1.29, 1.82) is 0 Å². The van der Waals surface area contributed by atoms with Crippen molar-refractivity contribution in [2.24, 2.45) is 0 Å². The Morgan fingerprint density at radius 3 is 2.58 bits per heavy atom. The van der Waals surface area contributed by atoms with Crippen LogP contribution in [-0.4, -0.2) is 36.0 Å². The molecule has 2 heterocycles. The van der Waals surface area contributed by atoms with Crippen LogP contribution >= 0.6 is 11.3 Å². The van der Waals surface area contributed by atoms with Crippen LogP contribution in [0.1, 0.15) is 44.7 Å². The SMILES string of the molecule is COc1ccccc1N(C(C)=O)c1nc(CN2CCCCCCC2)cs1. The summed E-state index contributed by atoms with van der Waals surface area (Å²) >= 11 is 1.51. The zero-order valence-corrected chi connectivity index (χ0v) is 16.4. The Balaban J connectivity index is 1.78. The second-order valence-corrected chi connectivity index (χ2v) is 7.53. The average molecular weight is 374 g/mol. The highest BCUT2D eigenvalue weighted by Crippen LogP contribution is 2.35. The molecule has 1 aromatic heterocycles. The number of anilines is 2. The fourth-order valence-electron chi connectivity index (χ4n) is 3.39. The van der Waals surface area contributed by atoms with E-state index in [1.807, 2.05) is 24.3 Å². The van der Waals surface area contributed by atoms with Gasteiger partial charge in [0, 0.05) is 18.8 Å². The Morgan fingerprint density at radius 2 is 1.88 bits per heavy atom. The zero-order valence-electron chi connectivity index (χ0n) is 15.6. The molecule has 3 rings (SSSR count). The fraction of sp³-hybridized carbons (Fsp3) is 0.500. The number of rotatable bonds is 5. The number of nitrogens with zero attached hydrogens (tertiary/aromatic N) is 3. The predicted octanol–water partition coefficient (Wildman–Crippen LogP) is 4.60. The van der Waals surface area contributed by atoms with Crippen molar-refractivity contribution in [3.05, 3.63) is 35.3 Å². The van der Waals surface area contributed by atoms with Crippen LogP contribution in [-0.2, 0) is 11.3 Å². The lowest BCUT2D eigenvalue weighted by atomic mass is 10.1. The Bertz CT molecular complexity index is 723. The third-order valence-electron chi connectivity index (χ3n) is 4.71. The highest BCUT2D eigenvalue weighted by Gasteiger charge is 2.21. The molecule has 0 bridgehead atoms. The average Bonchev–Trinajstić information content (AvgIpc) is 3.05. The quantitative estimate of drug-likeness (QED) is 0.768. The van der Waals surface area contributed by atoms with Crippen LogP contribution in [0.15, 0.2) is 29.6 Å². The summed E-state index contributed by atoms with van der Waals surface area (Å²) in [7, 11) is 1.62. The number of carbonyl (C=O) groups is 1. The molecule has 0 saturated carbocycles. The molecule has 0 atom stereocenters. The van der Waals surface area contributed by atoms with Gasteiger partial charge in [0.05, 0.1) is 18.5 Å². The number of carbonyl (C=O) groups excluding carboxylic acids is 1. The van der Waals surface area contributed by atoms with Gasteiger partial charge in [-0.25, -0.2) is 4.98 Å². The number of methoxy groups -OCH3 is 1. The van der Waals surface area contributed by atoms with Crippen LogP contribution in [0, 0.1) is 0 Å². The topological polar surface area (TPSA) is 45.7 Å². The molecular formula is C20H27N3O2S. The number of para-hydroxylation sites is 2. The van der Waals surface area contributed by atoms with Crippen LogP contribution in [0.3, 0.4) is 0 Å². The van der Waals surface area contributed by atoms with Crippen LogP contribution in [0.5, 0.6) is 5.75 Å². The second-order valence-electron chi connectivity index (χ2n) is 6.69. The number of hydrogen-bond acceptors (Lipinski definition) is 5. The summed E-state index contributed by atoms with van der Waals surface area (Å²) in [6, 6.07) is 7.55. The van der Waals surface area contributed by atoms with Gasteiger partial charge in [-0.15, -0.1) is 11.3 Å². The molecule has 1 fully saturated rings. The van der Waals surface area contributed by atoms with Gasteiger partial charge in [-0.1, -0.05) is 31.4 Å². The molecule has 0 aliphatic carbocycles. The van der Waals surface area contributed by atoms with E-state index in [-0.39, 0.29) is 5.91 Å². The summed E-state index contributed by atoms with van der Waals surface area (Å²) < 4.78 is 5.43. The summed E-state index contributed by atoms with van der Waals surface area (Å²) in [6.45, 7) is 4.69. The normalized spacial score (nSPS) is 15.9. The summed E-state index contributed by atoms with van der Waals surface area (Å²) in [5.74, 6) is 0.602. The second kappa shape index (κ2) is 9.14. The molecule has 26 heavy (non-hydrogen) atoms. The van der Waals surface area contributed by atoms with Gasteiger partial charge in [0.1, 0.15) is 5.75 Å². The van der Waals surface area contributed by atoms with Crippen LogP contribution in [0.4, 0.5) is 10.8 Å². The van der Waals surface area contributed by atoms with E-state index < -0.39 is 0 Å². The zero-order chi connectivity index (χ0) is 18.4. The van der Waals surface area contributed by atoms with Gasteiger partial charge in [0.15, 0.2) is 5.13 Å². The standard InChI is InChI=1S/C20H27N3O2S/c1-16(24)23(18-10-6-7-11-19(18)25-2)20-21-17(15-26-20)14-22-12-8-4-3-5-9-13-22/h6-7,10-11,15H,3-5,8-9,12-14H2,1-2H3. The summed E-state index contributed by atoms with van der Waals surface area (Å²) in [6.07, 6.45) is 6.53. The van der Waals surface area contributed by atoms with Crippen molar-refractivity contribution in [2.75, 3.05) is 25.1 Å². The third kappa shape index (κ3) is 4.62. The predicted molar refractivity (Wildman–Crippen MR) is 106 cm³/mol. The molecule has 1 saturated heterocycles. The van der Waals surface area contributed by atoms with E-state index in [1.54, 1.807) is 18.9 Å². The molecule has 5 nitrogen and oxygen atoms in total. The van der Waals surface area contributed by atoms with E-state index in [4.69, 9.17) is 9.72 Å². The first-order chi connectivity index (χ1) is 12.7. The highest BCUT2D eigenvalue weighted by atomic mass is 32.1. The lowest BCUT2D eigenvalue weighted by Gasteiger charge is -2.23. The van der Waals surface area contributed by atoms with Gasteiger partial charge in [-0.05, 0) is 38.1 Å². The first-order valence-electron chi connectivity index (χ1n) is 9.29. The molecule has 1 aliphatic rings. The monoisotopic (exact) mass is 373 g/mol. The molecule has 1 amide bonds. The minimum Gasteiger partial charge on any atom is -0.495 e. The largest absolute Gasteiger partial charge is 0.495 e. The Hall–Kier alpha value is -1.92. The van der Waals surface area contributed by atoms with Gasteiger partial charge in [0.25, 0.3) is 0 Å². The van der Waals surface area contributed by atoms with Gasteiger partial charge in [-0.2, -0.15) is 0 Å². The van der Waals surface area contributed by atoms with Crippen LogP contribution in [0.25, 0.3) is 0 Å². The molecule has 0 N–H and O–H groups in total. The number of hydrogen-bond donors (Lipinski definition) is 0. The van der Waals surface area contributed by atoms with E-state index in [2.05, 4.69) is 10.3 Å². The maximum Gasteiger partial charge on any atom is 0.230 e. The van der Waals surface area contributed by atoms with Gasteiger partial charge >= 0.3 is 0 Å². The summed E-state index contributed by atoms with van der Waals surface area (Å²) in [4.78, 5) is 21.2. The minimum atomic E-state index is -0.0679. The molecular weight excluding hydrogens is 346 g/mol. The molecule has 6 heteroatoms. The van der Waals surface area contributed by atoms with Crippen molar-refractivity contribution < 1.29 is 9.53 Å². The smallest absolute Gasteiger partial charge is 0.230 e. The molecule has 2 aromatic rings. The lowest BCUT2D eigenvalue weighted by molar-refractivity contribution is -0.115. The number of ether oxygens (including phenoxy) is 1. The van der Waals surface area contributed by atoms with E-state index >= 15 is 0 Å². The Kier molecular flexibility index (Phi) is 6.63. The third-order valence-corrected chi connectivity index (χ3v) is 5.58.